The van der Waals surface area contributed by atoms with Gasteiger partial charge in [0, 0.05) is 18.2 Å². The molecule has 1 aliphatic rings. The van der Waals surface area contributed by atoms with Gasteiger partial charge in [0.15, 0.2) is 5.65 Å². The lowest BCUT2D eigenvalue weighted by atomic mass is 9.99. The molecule has 4 rings (SSSR count). The van der Waals surface area contributed by atoms with Crippen molar-refractivity contribution in [2.45, 2.75) is 12.8 Å². The van der Waals surface area contributed by atoms with Crippen LogP contribution in [0.15, 0.2) is 29.0 Å². The Labute approximate surface area is 113 Å². The van der Waals surface area contributed by atoms with Gasteiger partial charge >= 0.3 is 0 Å². The fraction of sp³-hybridized carbons (Fsp3) is 0.154. The second kappa shape index (κ2) is 3.53. The summed E-state index contributed by atoms with van der Waals surface area (Å²) in [5.41, 5.74) is 3.91. The van der Waals surface area contributed by atoms with Gasteiger partial charge in [-0.2, -0.15) is 0 Å². The van der Waals surface area contributed by atoms with Crippen molar-refractivity contribution in [3.8, 4) is 11.3 Å². The quantitative estimate of drug-likeness (QED) is 0.622. The molecular formula is C13H8Cl2N2O. The van der Waals surface area contributed by atoms with E-state index >= 15 is 0 Å². The van der Waals surface area contributed by atoms with Crippen LogP contribution in [0.2, 0.25) is 10.0 Å². The van der Waals surface area contributed by atoms with Gasteiger partial charge < -0.3 is 8.82 Å². The summed E-state index contributed by atoms with van der Waals surface area (Å²) in [7, 11) is 0. The van der Waals surface area contributed by atoms with Gasteiger partial charge in [0.25, 0.3) is 0 Å². The Morgan fingerprint density at radius 3 is 3.06 bits per heavy atom. The molecule has 3 nitrogen and oxygen atoms in total. The summed E-state index contributed by atoms with van der Waals surface area (Å²) < 4.78 is 7.44. The first-order chi connectivity index (χ1) is 8.74. The van der Waals surface area contributed by atoms with E-state index in [9.17, 15) is 0 Å². The normalized spacial score (nSPS) is 13.7. The van der Waals surface area contributed by atoms with Gasteiger partial charge in [0.05, 0.1) is 27.7 Å². The third-order valence-electron chi connectivity index (χ3n) is 3.33. The van der Waals surface area contributed by atoms with E-state index in [1.807, 2.05) is 16.7 Å². The number of aryl methyl sites for hydroxylation is 2. The van der Waals surface area contributed by atoms with Crippen molar-refractivity contribution in [1.82, 2.24) is 9.38 Å². The number of aromatic nitrogens is 2. The third-order valence-corrected chi connectivity index (χ3v) is 3.81. The maximum atomic E-state index is 6.19. The Morgan fingerprint density at radius 2 is 2.17 bits per heavy atom. The number of nitrogens with zero attached hydrogens (tertiary/aromatic N) is 2. The lowest BCUT2D eigenvalue weighted by Gasteiger charge is -2.10. The van der Waals surface area contributed by atoms with E-state index in [1.165, 1.54) is 0 Å². The first-order valence-electron chi connectivity index (χ1n) is 5.67. The van der Waals surface area contributed by atoms with Crippen molar-refractivity contribution in [2.75, 3.05) is 0 Å². The van der Waals surface area contributed by atoms with Crippen LogP contribution in [0.5, 0.6) is 0 Å². The van der Waals surface area contributed by atoms with Crippen LogP contribution >= 0.6 is 23.2 Å². The molecular weight excluding hydrogens is 271 g/mol. The molecule has 90 valence electrons. The van der Waals surface area contributed by atoms with Crippen LogP contribution in [0.1, 0.15) is 11.5 Å². The van der Waals surface area contributed by atoms with E-state index in [2.05, 4.69) is 4.98 Å². The molecule has 0 bridgehead atoms. The molecule has 0 saturated carbocycles. The highest BCUT2D eigenvalue weighted by atomic mass is 35.5. The number of halogens is 2. The second-order valence-electron chi connectivity index (χ2n) is 4.36. The van der Waals surface area contributed by atoms with Gasteiger partial charge in [-0.15, -0.1) is 0 Å². The van der Waals surface area contributed by atoms with Crippen molar-refractivity contribution in [2.24, 2.45) is 0 Å². The van der Waals surface area contributed by atoms with Gasteiger partial charge in [-0.25, -0.2) is 4.98 Å². The summed E-state index contributed by atoms with van der Waals surface area (Å²) >= 11 is 12.2. The first-order valence-corrected chi connectivity index (χ1v) is 6.42. The number of furan rings is 1. The third kappa shape index (κ3) is 1.29. The molecule has 0 saturated heterocycles. The zero-order valence-corrected chi connectivity index (χ0v) is 10.8. The lowest BCUT2D eigenvalue weighted by Crippen LogP contribution is -2.03. The van der Waals surface area contributed by atoms with Crippen molar-refractivity contribution in [3.63, 3.8) is 0 Å². The van der Waals surface area contributed by atoms with E-state index in [1.54, 1.807) is 12.3 Å². The molecule has 0 amide bonds. The number of imidazole rings is 1. The number of hydrogen-bond donors (Lipinski definition) is 0. The molecule has 5 heteroatoms. The average molecular weight is 279 g/mol. The zero-order valence-electron chi connectivity index (χ0n) is 9.28. The molecule has 3 aromatic rings. The molecule has 0 radical (unpaired) electrons. The highest BCUT2D eigenvalue weighted by Gasteiger charge is 2.24. The summed E-state index contributed by atoms with van der Waals surface area (Å²) in [4.78, 5) is 4.62. The first kappa shape index (κ1) is 10.5. The van der Waals surface area contributed by atoms with Gasteiger partial charge in [0.2, 0.25) is 0 Å². The van der Waals surface area contributed by atoms with E-state index in [-0.39, 0.29) is 0 Å². The second-order valence-corrected chi connectivity index (χ2v) is 5.21. The van der Waals surface area contributed by atoms with Crippen LogP contribution in [-0.2, 0) is 12.8 Å². The molecule has 0 aromatic carbocycles. The molecule has 0 fully saturated rings. The predicted molar refractivity (Wildman–Crippen MR) is 70.3 cm³/mol. The molecule has 3 aromatic heterocycles. The Bertz CT molecular complexity index is 773. The Hall–Kier alpha value is -1.45. The minimum Gasteiger partial charge on any atom is -0.469 e. The topological polar surface area (TPSA) is 30.4 Å². The summed E-state index contributed by atoms with van der Waals surface area (Å²) in [6.45, 7) is 0. The van der Waals surface area contributed by atoms with Crippen LogP contribution in [0, 0.1) is 0 Å². The highest BCUT2D eigenvalue weighted by Crippen LogP contribution is 2.36. The SMILES string of the molecule is Clc1cc(Cl)c2nc3c(n2c1)CCc1occc1-3. The molecule has 18 heavy (non-hydrogen) atoms. The molecule has 0 aliphatic heterocycles. The monoisotopic (exact) mass is 278 g/mol. The fourth-order valence-electron chi connectivity index (χ4n) is 2.55. The van der Waals surface area contributed by atoms with Crippen LogP contribution < -0.4 is 0 Å². The molecule has 0 N–H and O–H groups in total. The number of pyridine rings is 1. The Balaban J connectivity index is 2.13. The smallest absolute Gasteiger partial charge is 0.156 e. The predicted octanol–water partition coefficient (Wildman–Crippen LogP) is 4.00. The Morgan fingerprint density at radius 1 is 1.28 bits per heavy atom. The van der Waals surface area contributed by atoms with E-state index in [4.69, 9.17) is 27.6 Å². The van der Waals surface area contributed by atoms with E-state index in [0.29, 0.717) is 10.0 Å². The maximum Gasteiger partial charge on any atom is 0.156 e. The molecule has 0 atom stereocenters. The number of hydrogen-bond acceptors (Lipinski definition) is 2. The van der Waals surface area contributed by atoms with Gasteiger partial charge in [-0.3, -0.25) is 0 Å². The van der Waals surface area contributed by atoms with Crippen molar-refractivity contribution in [3.05, 3.63) is 46.1 Å². The van der Waals surface area contributed by atoms with E-state index in [0.717, 1.165) is 41.2 Å². The summed E-state index contributed by atoms with van der Waals surface area (Å²) in [6.07, 6.45) is 5.33. The summed E-state index contributed by atoms with van der Waals surface area (Å²) in [6, 6.07) is 3.67. The molecule has 0 unspecified atom stereocenters. The highest BCUT2D eigenvalue weighted by molar-refractivity contribution is 6.36. The van der Waals surface area contributed by atoms with Gasteiger partial charge in [-0.1, -0.05) is 23.2 Å². The molecule has 0 spiro atoms. The maximum absolute atomic E-state index is 6.19. The summed E-state index contributed by atoms with van der Waals surface area (Å²) in [5.74, 6) is 0.994. The van der Waals surface area contributed by atoms with Crippen molar-refractivity contribution in [1.29, 1.82) is 0 Å². The molecule has 1 aliphatic carbocycles. The van der Waals surface area contributed by atoms with Crippen molar-refractivity contribution >= 4 is 28.8 Å². The number of rotatable bonds is 0. The minimum absolute atomic E-state index is 0.571. The lowest BCUT2D eigenvalue weighted by molar-refractivity contribution is 0.506. The summed E-state index contributed by atoms with van der Waals surface area (Å²) in [5, 5.41) is 1.19. The van der Waals surface area contributed by atoms with Crippen LogP contribution in [0.3, 0.4) is 0 Å². The van der Waals surface area contributed by atoms with Crippen LogP contribution in [0.25, 0.3) is 16.9 Å². The fourth-order valence-corrected chi connectivity index (χ4v) is 3.07. The number of fused-ring (bicyclic) bond motifs is 5. The average Bonchev–Trinajstić information content (AvgIpc) is 2.91. The largest absolute Gasteiger partial charge is 0.469 e. The van der Waals surface area contributed by atoms with Gasteiger partial charge in [0.1, 0.15) is 5.76 Å². The standard InChI is InChI=1S/C13H8Cl2N2O/c14-7-5-9(15)13-16-12-8-3-4-18-11(8)2-1-10(12)17(13)6-7/h3-6H,1-2H2. The van der Waals surface area contributed by atoms with Crippen molar-refractivity contribution < 1.29 is 4.42 Å². The Kier molecular flexibility index (Phi) is 2.05. The van der Waals surface area contributed by atoms with E-state index < -0.39 is 0 Å². The van der Waals surface area contributed by atoms with Crippen LogP contribution in [-0.4, -0.2) is 9.38 Å². The minimum atomic E-state index is 0.571. The van der Waals surface area contributed by atoms with Gasteiger partial charge in [-0.05, 0) is 18.6 Å². The zero-order chi connectivity index (χ0) is 12.3. The van der Waals surface area contributed by atoms with Crippen LogP contribution in [0.4, 0.5) is 0 Å². The molecule has 3 heterocycles.